The molecule has 1 unspecified atom stereocenters. The molecule has 16 nitrogen and oxygen atoms in total. The first kappa shape index (κ1) is 30.3. The average Bonchev–Trinajstić information content (AvgIpc) is 3.54. The largest absolute Gasteiger partial charge is 0.427 e. The van der Waals surface area contributed by atoms with Crippen LogP contribution in [0.15, 0.2) is 27.0 Å². The minimum Gasteiger partial charge on any atom is -0.427 e. The lowest BCUT2D eigenvalue weighted by Gasteiger charge is -2.49. The number of amides is 2. The number of esters is 2. The number of thioether (sulfide) groups is 2. The van der Waals surface area contributed by atoms with Crippen LogP contribution in [0.1, 0.15) is 26.5 Å². The summed E-state index contributed by atoms with van der Waals surface area (Å²) in [5.41, 5.74) is 5.52. The molecule has 220 valence electrons. The Balaban J connectivity index is 1.52. The van der Waals surface area contributed by atoms with Crippen molar-refractivity contribution in [3.63, 3.8) is 0 Å². The average molecular weight is 626 g/mol. The number of carbonyl (C=O) groups is 4. The second-order valence-electron chi connectivity index (χ2n) is 9.61. The molecule has 2 aromatic rings. The fraction of sp³-hybridized carbons (Fsp3) is 0.500. The smallest absolute Gasteiger partial charge is 0.357 e. The van der Waals surface area contributed by atoms with Crippen LogP contribution in [0.4, 0.5) is 5.13 Å². The zero-order chi connectivity index (χ0) is 29.9. The van der Waals surface area contributed by atoms with Crippen LogP contribution in [0.2, 0.25) is 0 Å². The maximum absolute atomic E-state index is 13.3. The number of tetrazole rings is 1. The summed E-state index contributed by atoms with van der Waals surface area (Å²) >= 11 is 3.75. The summed E-state index contributed by atoms with van der Waals surface area (Å²) in [7, 11) is 2.95. The van der Waals surface area contributed by atoms with Gasteiger partial charge < -0.3 is 25.4 Å². The van der Waals surface area contributed by atoms with Crippen molar-refractivity contribution in [1.82, 2.24) is 35.4 Å². The summed E-state index contributed by atoms with van der Waals surface area (Å²) in [6, 6.07) is -0.968. The lowest BCUT2D eigenvalue weighted by Crippen LogP contribution is -2.71. The molecule has 0 aromatic carbocycles. The van der Waals surface area contributed by atoms with Crippen LogP contribution in [0.5, 0.6) is 0 Å². The van der Waals surface area contributed by atoms with Gasteiger partial charge in [0.15, 0.2) is 10.8 Å². The van der Waals surface area contributed by atoms with Gasteiger partial charge in [-0.3, -0.25) is 19.3 Å². The summed E-state index contributed by atoms with van der Waals surface area (Å²) < 4.78 is 11.8. The van der Waals surface area contributed by atoms with Crippen molar-refractivity contribution in [2.45, 2.75) is 37.3 Å². The standard InChI is InChI=1S/C22H27N9O7S3/c1-22(2,3)19(35)38-9-37-18(34)14-10(7-41-21-26-28-29-30(21)4)6-39-17-13(16(33)31(14)17)25-15(32)12(27-36-5)11-8-40-20(23)24-11/h8,13,17H,6-7,9H2,1-5H3,(H2,23,24)(H,25,32)/t13?,17-/m0/s1. The molecule has 19 heteroatoms. The zero-order valence-corrected chi connectivity index (χ0v) is 25.1. The first-order valence-electron chi connectivity index (χ1n) is 11.9. The zero-order valence-electron chi connectivity index (χ0n) is 22.6. The van der Waals surface area contributed by atoms with Gasteiger partial charge in [-0.05, 0) is 36.8 Å². The highest BCUT2D eigenvalue weighted by Crippen LogP contribution is 2.42. The highest BCUT2D eigenvalue weighted by molar-refractivity contribution is 8.01. The van der Waals surface area contributed by atoms with E-state index in [4.69, 9.17) is 20.0 Å². The lowest BCUT2D eigenvalue weighted by molar-refractivity contribution is -0.173. The number of hydrogen-bond acceptors (Lipinski definition) is 16. The van der Waals surface area contributed by atoms with E-state index in [1.807, 2.05) is 0 Å². The molecule has 0 bridgehead atoms. The van der Waals surface area contributed by atoms with Crippen LogP contribution < -0.4 is 11.1 Å². The maximum atomic E-state index is 13.3. The molecule has 3 N–H and O–H groups in total. The summed E-state index contributed by atoms with van der Waals surface area (Å²) in [6.45, 7) is 4.37. The van der Waals surface area contributed by atoms with E-state index in [0.717, 1.165) is 11.3 Å². The summed E-state index contributed by atoms with van der Waals surface area (Å²) in [4.78, 5) is 61.8. The van der Waals surface area contributed by atoms with Gasteiger partial charge >= 0.3 is 11.9 Å². The molecule has 0 aliphatic carbocycles. The molecule has 1 saturated heterocycles. The van der Waals surface area contributed by atoms with Crippen molar-refractivity contribution >= 4 is 69.5 Å². The molecule has 4 rings (SSSR count). The lowest BCUT2D eigenvalue weighted by atomic mass is 9.98. The van der Waals surface area contributed by atoms with Crippen LogP contribution in [-0.2, 0) is 40.5 Å². The summed E-state index contributed by atoms with van der Waals surface area (Å²) in [6.07, 6.45) is 0. The van der Waals surface area contributed by atoms with Crippen molar-refractivity contribution in [2.75, 3.05) is 31.1 Å². The number of fused-ring (bicyclic) bond motifs is 1. The number of hydrogen-bond donors (Lipinski definition) is 2. The van der Waals surface area contributed by atoms with Crippen molar-refractivity contribution in [3.8, 4) is 0 Å². The van der Waals surface area contributed by atoms with Gasteiger partial charge in [-0.1, -0.05) is 16.9 Å². The third kappa shape index (κ3) is 6.62. The Hall–Kier alpha value is -3.71. The normalized spacial score (nSPS) is 18.9. The van der Waals surface area contributed by atoms with Gasteiger partial charge in [0.25, 0.3) is 11.8 Å². The summed E-state index contributed by atoms with van der Waals surface area (Å²) in [5.74, 6) is -2.02. The topological polar surface area (TPSA) is 206 Å². The van der Waals surface area contributed by atoms with E-state index in [0.29, 0.717) is 16.5 Å². The molecule has 4 heterocycles. The number of anilines is 1. The van der Waals surface area contributed by atoms with Gasteiger partial charge in [0.2, 0.25) is 11.9 Å². The van der Waals surface area contributed by atoms with Gasteiger partial charge in [0.05, 0.1) is 5.41 Å². The van der Waals surface area contributed by atoms with Crippen LogP contribution in [0.3, 0.4) is 0 Å². The number of carbonyl (C=O) groups excluding carboxylic acids is 4. The molecular formula is C22H27N9O7S3. The quantitative estimate of drug-likeness (QED) is 0.0899. The fourth-order valence-corrected chi connectivity index (χ4v) is 6.48. The van der Waals surface area contributed by atoms with Crippen LogP contribution in [0, 0.1) is 5.41 Å². The molecule has 2 aromatic heterocycles. The Morgan fingerprint density at radius 1 is 1.29 bits per heavy atom. The summed E-state index contributed by atoms with van der Waals surface area (Å²) in [5, 5.41) is 19.4. The minimum absolute atomic E-state index is 0.0109. The number of oxime groups is 1. The second kappa shape index (κ2) is 12.4. The van der Waals surface area contributed by atoms with Crippen LogP contribution in [-0.4, -0.2) is 96.4 Å². The maximum Gasteiger partial charge on any atom is 0.357 e. The SMILES string of the molecule is CON=C(C(=O)NC1C(=O)N2C(C(=O)OCOC(=O)C(C)(C)C)=C(CSc3nnnn3C)CS[C@@H]12)c1csc(N)n1. The molecule has 41 heavy (non-hydrogen) atoms. The highest BCUT2D eigenvalue weighted by atomic mass is 32.2. The molecule has 2 aliphatic rings. The van der Waals surface area contributed by atoms with Gasteiger partial charge in [-0.15, -0.1) is 28.2 Å². The van der Waals surface area contributed by atoms with Crippen LogP contribution >= 0.6 is 34.9 Å². The first-order chi connectivity index (χ1) is 19.4. The Morgan fingerprint density at radius 3 is 2.66 bits per heavy atom. The van der Waals surface area contributed by atoms with E-state index >= 15 is 0 Å². The number of thiazole rings is 1. The monoisotopic (exact) mass is 625 g/mol. The van der Waals surface area contributed by atoms with Crippen molar-refractivity contribution in [1.29, 1.82) is 0 Å². The second-order valence-corrected chi connectivity index (χ2v) is 12.5. The van der Waals surface area contributed by atoms with E-state index in [2.05, 4.69) is 31.0 Å². The molecule has 1 fully saturated rings. The van der Waals surface area contributed by atoms with Crippen molar-refractivity contribution < 1.29 is 33.5 Å². The third-order valence-corrected chi connectivity index (χ3v) is 8.75. The number of nitrogens with one attached hydrogen (secondary N) is 1. The highest BCUT2D eigenvalue weighted by Gasteiger charge is 2.54. The molecule has 0 radical (unpaired) electrons. The predicted molar refractivity (Wildman–Crippen MR) is 148 cm³/mol. The third-order valence-electron chi connectivity index (χ3n) is 5.64. The molecule has 2 aliphatic heterocycles. The number of β-lactam (4-membered cyclic amide) rings is 1. The van der Waals surface area contributed by atoms with E-state index < -0.39 is 47.4 Å². The predicted octanol–water partition coefficient (Wildman–Crippen LogP) is 0.136. The molecule has 2 atom stereocenters. The number of ether oxygens (including phenoxy) is 2. The number of rotatable bonds is 10. The Morgan fingerprint density at radius 2 is 2.05 bits per heavy atom. The number of nitrogens with zero attached hydrogens (tertiary/aromatic N) is 7. The van der Waals surface area contributed by atoms with E-state index in [1.165, 1.54) is 45.6 Å². The Kier molecular flexibility index (Phi) is 9.17. The van der Waals surface area contributed by atoms with Crippen molar-refractivity contribution in [2.24, 2.45) is 17.6 Å². The number of aromatic nitrogens is 5. The molecule has 0 spiro atoms. The molecule has 0 saturated carbocycles. The molecule has 2 amide bonds. The minimum atomic E-state index is -0.968. The van der Waals surface area contributed by atoms with Crippen LogP contribution in [0.25, 0.3) is 0 Å². The molecular weight excluding hydrogens is 598 g/mol. The Labute approximate surface area is 246 Å². The van der Waals surface area contributed by atoms with Gasteiger partial charge in [-0.2, -0.15) is 0 Å². The van der Waals surface area contributed by atoms with E-state index in [1.54, 1.807) is 27.8 Å². The van der Waals surface area contributed by atoms with E-state index in [9.17, 15) is 19.2 Å². The number of aryl methyl sites for hydroxylation is 1. The van der Waals surface area contributed by atoms with Crippen molar-refractivity contribution in [3.05, 3.63) is 22.3 Å². The van der Waals surface area contributed by atoms with Gasteiger partial charge in [0.1, 0.15) is 29.9 Å². The fourth-order valence-electron chi connectivity index (χ4n) is 3.60. The van der Waals surface area contributed by atoms with E-state index in [-0.39, 0.29) is 28.0 Å². The van der Waals surface area contributed by atoms with Gasteiger partial charge in [-0.25, -0.2) is 14.5 Å². The van der Waals surface area contributed by atoms with Gasteiger partial charge in [0, 0.05) is 23.9 Å². The first-order valence-corrected chi connectivity index (χ1v) is 14.8. The number of nitrogens with two attached hydrogens (primary N) is 1. The Bertz CT molecular complexity index is 1420. The number of nitrogen functional groups attached to an aromatic ring is 1.